The molecule has 1 atom stereocenters. The van der Waals surface area contributed by atoms with Crippen molar-refractivity contribution in [2.75, 3.05) is 32.3 Å². The minimum Gasteiger partial charge on any atom is -0.454 e. The summed E-state index contributed by atoms with van der Waals surface area (Å²) < 4.78 is 42.3. The van der Waals surface area contributed by atoms with E-state index in [1.807, 2.05) is 6.07 Å². The molecule has 1 aliphatic heterocycles. The number of hydrogen-bond donors (Lipinski definition) is 2. The molecule has 1 aliphatic rings. The predicted molar refractivity (Wildman–Crippen MR) is 96.2 cm³/mol. The molecule has 1 unspecified atom stereocenters. The molecule has 3 rings (SSSR count). The average molecular weight is 394 g/mol. The van der Waals surface area contributed by atoms with E-state index in [0.29, 0.717) is 17.6 Å². The fraction of sp³-hybridized carbons (Fsp3) is 0.316. The van der Waals surface area contributed by atoms with Crippen LogP contribution >= 0.6 is 0 Å². The number of amides is 2. The van der Waals surface area contributed by atoms with E-state index in [2.05, 4.69) is 5.32 Å². The van der Waals surface area contributed by atoms with Crippen molar-refractivity contribution in [3.8, 4) is 11.5 Å². The molecule has 7 nitrogen and oxygen atoms in total. The Morgan fingerprint density at radius 2 is 1.93 bits per heavy atom. The van der Waals surface area contributed by atoms with Crippen LogP contribution in [0.15, 0.2) is 36.4 Å². The lowest BCUT2D eigenvalue weighted by Crippen LogP contribution is -2.38. The van der Waals surface area contributed by atoms with Crippen LogP contribution < -0.4 is 14.8 Å². The molecule has 0 bridgehead atoms. The second kappa shape index (κ2) is 8.85. The van der Waals surface area contributed by atoms with Crippen LogP contribution in [0.5, 0.6) is 11.5 Å². The lowest BCUT2D eigenvalue weighted by Gasteiger charge is -2.21. The molecule has 2 aromatic rings. The van der Waals surface area contributed by atoms with E-state index in [1.54, 1.807) is 12.1 Å². The van der Waals surface area contributed by atoms with Gasteiger partial charge in [-0.2, -0.15) is 0 Å². The fourth-order valence-corrected chi connectivity index (χ4v) is 2.64. The van der Waals surface area contributed by atoms with Crippen molar-refractivity contribution < 1.29 is 32.9 Å². The Morgan fingerprint density at radius 3 is 2.68 bits per heavy atom. The Labute approximate surface area is 160 Å². The third kappa shape index (κ3) is 5.30. The van der Waals surface area contributed by atoms with Gasteiger partial charge in [-0.3, -0.25) is 0 Å². The number of likely N-dealkylation sites (N-methyl/N-ethyl adjacent to an activating group) is 1. The monoisotopic (exact) mass is 394 g/mol. The fourth-order valence-electron chi connectivity index (χ4n) is 2.64. The van der Waals surface area contributed by atoms with Gasteiger partial charge in [0, 0.05) is 18.8 Å². The highest BCUT2D eigenvalue weighted by Crippen LogP contribution is 2.32. The Kier molecular flexibility index (Phi) is 6.27. The zero-order valence-corrected chi connectivity index (χ0v) is 15.2. The van der Waals surface area contributed by atoms with E-state index in [-0.39, 0.29) is 32.2 Å². The van der Waals surface area contributed by atoms with Crippen LogP contribution in [0.1, 0.15) is 5.56 Å². The van der Waals surface area contributed by atoms with Gasteiger partial charge in [0.2, 0.25) is 6.79 Å². The number of hydrogen-bond acceptors (Lipinski definition) is 5. The summed E-state index contributed by atoms with van der Waals surface area (Å²) in [6.07, 6.45) is -0.936. The predicted octanol–water partition coefficient (Wildman–Crippen LogP) is 2.73. The lowest BCUT2D eigenvalue weighted by molar-refractivity contribution is 0.0188. The van der Waals surface area contributed by atoms with E-state index >= 15 is 0 Å². The molecule has 2 N–H and O–H groups in total. The molecule has 0 aliphatic carbocycles. The van der Waals surface area contributed by atoms with E-state index in [9.17, 15) is 18.7 Å². The summed E-state index contributed by atoms with van der Waals surface area (Å²) in [6, 6.07) is 7.51. The summed E-state index contributed by atoms with van der Waals surface area (Å²) in [6.45, 7) is 0.423. The molecule has 1 heterocycles. The van der Waals surface area contributed by atoms with Gasteiger partial charge in [0.15, 0.2) is 11.5 Å². The van der Waals surface area contributed by atoms with E-state index in [4.69, 9.17) is 14.2 Å². The van der Waals surface area contributed by atoms with Gasteiger partial charge < -0.3 is 29.5 Å². The van der Waals surface area contributed by atoms with E-state index in [1.165, 1.54) is 11.9 Å². The van der Waals surface area contributed by atoms with Crippen LogP contribution in [0.25, 0.3) is 0 Å². The minimum atomic E-state index is -0.936. The molecule has 0 aromatic heterocycles. The summed E-state index contributed by atoms with van der Waals surface area (Å²) in [7, 11) is 1.45. The number of carbonyl (C=O) groups is 1. The van der Waals surface area contributed by atoms with Gasteiger partial charge in [0.05, 0.1) is 25.9 Å². The summed E-state index contributed by atoms with van der Waals surface area (Å²) in [5.74, 6) is -0.272. The van der Waals surface area contributed by atoms with Crippen molar-refractivity contribution in [2.45, 2.75) is 12.7 Å². The molecule has 0 saturated heterocycles. The number of carbonyl (C=O) groups excluding carboxylic acids is 1. The number of nitrogens with zero attached hydrogens (tertiary/aromatic N) is 1. The zero-order valence-electron chi connectivity index (χ0n) is 15.2. The average Bonchev–Trinajstić information content (AvgIpc) is 3.08. The largest absolute Gasteiger partial charge is 0.454 e. The van der Waals surface area contributed by atoms with Gasteiger partial charge in [-0.1, -0.05) is 6.07 Å². The lowest BCUT2D eigenvalue weighted by atomic mass is 10.2. The molecular formula is C19H20F2N2O5. The highest BCUT2D eigenvalue weighted by Gasteiger charge is 2.16. The zero-order chi connectivity index (χ0) is 20.1. The minimum absolute atomic E-state index is 0.000650. The molecule has 0 spiro atoms. The molecule has 9 heteroatoms. The maximum absolute atomic E-state index is 13.2. The number of ether oxygens (including phenoxy) is 3. The van der Waals surface area contributed by atoms with E-state index in [0.717, 1.165) is 17.7 Å². The standard InChI is InChI=1S/C19H20F2N2O5/c1-23(19(25)22-15-6-13(20)5-14(21)7-15)8-16(24)10-26-9-12-2-3-17-18(4-12)28-11-27-17/h2-7,16,24H,8-11H2,1H3,(H,22,25). The molecular weight excluding hydrogens is 374 g/mol. The highest BCUT2D eigenvalue weighted by molar-refractivity contribution is 5.89. The van der Waals surface area contributed by atoms with Gasteiger partial charge in [-0.25, -0.2) is 13.6 Å². The quantitative estimate of drug-likeness (QED) is 0.755. The van der Waals surface area contributed by atoms with Crippen molar-refractivity contribution in [3.63, 3.8) is 0 Å². The van der Waals surface area contributed by atoms with Crippen molar-refractivity contribution in [3.05, 3.63) is 53.6 Å². The normalized spacial score (nSPS) is 13.3. The van der Waals surface area contributed by atoms with Crippen LogP contribution in [0, 0.1) is 11.6 Å². The van der Waals surface area contributed by atoms with Gasteiger partial charge in [0.25, 0.3) is 0 Å². The van der Waals surface area contributed by atoms with Crippen molar-refractivity contribution in [1.82, 2.24) is 4.90 Å². The number of rotatable bonds is 7. The second-order valence-corrected chi connectivity index (χ2v) is 6.33. The summed E-state index contributed by atoms with van der Waals surface area (Å²) in [4.78, 5) is 13.3. The Hall–Kier alpha value is -2.91. The highest BCUT2D eigenvalue weighted by atomic mass is 19.1. The van der Waals surface area contributed by atoms with Crippen molar-refractivity contribution in [2.24, 2.45) is 0 Å². The van der Waals surface area contributed by atoms with Crippen molar-refractivity contribution in [1.29, 1.82) is 0 Å². The van der Waals surface area contributed by atoms with Crippen LogP contribution in [0.2, 0.25) is 0 Å². The summed E-state index contributed by atoms with van der Waals surface area (Å²) >= 11 is 0. The number of halogens is 2. The third-order valence-electron chi connectivity index (χ3n) is 3.96. The number of anilines is 1. The smallest absolute Gasteiger partial charge is 0.321 e. The molecule has 2 amide bonds. The molecule has 28 heavy (non-hydrogen) atoms. The molecule has 2 aromatic carbocycles. The van der Waals surface area contributed by atoms with Gasteiger partial charge in [0.1, 0.15) is 11.6 Å². The Balaban J connectivity index is 1.42. The number of fused-ring (bicyclic) bond motifs is 1. The van der Waals surface area contributed by atoms with Gasteiger partial charge in [-0.05, 0) is 29.8 Å². The molecule has 0 saturated carbocycles. The first-order valence-electron chi connectivity index (χ1n) is 8.53. The SMILES string of the molecule is CN(CC(O)COCc1ccc2c(c1)OCO2)C(=O)Nc1cc(F)cc(F)c1. The summed E-state index contributed by atoms with van der Waals surface area (Å²) in [5.41, 5.74) is 0.846. The first-order valence-corrected chi connectivity index (χ1v) is 8.53. The number of urea groups is 1. The third-order valence-corrected chi connectivity index (χ3v) is 3.96. The Morgan fingerprint density at radius 1 is 1.21 bits per heavy atom. The van der Waals surface area contributed by atoms with Gasteiger partial charge >= 0.3 is 6.03 Å². The summed E-state index contributed by atoms with van der Waals surface area (Å²) in [5, 5.41) is 12.4. The topological polar surface area (TPSA) is 80.3 Å². The molecule has 0 radical (unpaired) electrons. The second-order valence-electron chi connectivity index (χ2n) is 6.33. The number of aliphatic hydroxyl groups excluding tert-OH is 1. The Bertz CT molecular complexity index is 829. The number of nitrogens with one attached hydrogen (secondary N) is 1. The number of benzene rings is 2. The van der Waals surface area contributed by atoms with E-state index < -0.39 is 23.8 Å². The van der Waals surface area contributed by atoms with Crippen LogP contribution in [-0.4, -0.2) is 49.1 Å². The van der Waals surface area contributed by atoms with Gasteiger partial charge in [-0.15, -0.1) is 0 Å². The van der Waals surface area contributed by atoms with Crippen LogP contribution in [0.4, 0.5) is 19.3 Å². The van der Waals surface area contributed by atoms with Crippen molar-refractivity contribution >= 4 is 11.7 Å². The number of aliphatic hydroxyl groups is 1. The maximum Gasteiger partial charge on any atom is 0.321 e. The maximum atomic E-state index is 13.2. The first kappa shape index (κ1) is 19.8. The molecule has 0 fully saturated rings. The first-order chi connectivity index (χ1) is 13.4. The van der Waals surface area contributed by atoms with Crippen LogP contribution in [0.3, 0.4) is 0 Å². The molecule has 150 valence electrons. The van der Waals surface area contributed by atoms with Crippen LogP contribution in [-0.2, 0) is 11.3 Å².